The van der Waals surface area contributed by atoms with Gasteiger partial charge in [0.25, 0.3) is 5.88 Å². The summed E-state index contributed by atoms with van der Waals surface area (Å²) in [6.45, 7) is 0.274. The number of halogens is 9. The van der Waals surface area contributed by atoms with Crippen LogP contribution < -0.4 is 14.8 Å². The number of nitrogens with zero attached hydrogens (tertiary/aromatic N) is 5. The lowest BCUT2D eigenvalue weighted by Crippen LogP contribution is -2.53. The number of fused-ring (bicyclic) bond motifs is 1. The number of alkyl halides is 9. The van der Waals surface area contributed by atoms with E-state index in [1.807, 2.05) is 0 Å². The van der Waals surface area contributed by atoms with Gasteiger partial charge in [-0.2, -0.15) is 39.5 Å². The Kier molecular flexibility index (Phi) is 9.12. The largest absolute Gasteiger partial charge is 0.494 e. The van der Waals surface area contributed by atoms with Crippen LogP contribution in [-0.4, -0.2) is 75.6 Å². The van der Waals surface area contributed by atoms with E-state index in [0.717, 1.165) is 19.2 Å². The highest BCUT2D eigenvalue weighted by Gasteiger charge is 2.49. The summed E-state index contributed by atoms with van der Waals surface area (Å²) in [5, 5.41) is 1.27. The number of nitrogens with one attached hydrogen (secondary N) is 1. The van der Waals surface area contributed by atoms with Crippen LogP contribution in [0.3, 0.4) is 0 Å². The first-order valence-electron chi connectivity index (χ1n) is 11.7. The van der Waals surface area contributed by atoms with Crippen molar-refractivity contribution >= 4 is 11.7 Å². The molecule has 0 aliphatic rings. The molecule has 1 N–H and O–H groups in total. The summed E-state index contributed by atoms with van der Waals surface area (Å²) in [5.74, 6) is -0.0348. The summed E-state index contributed by atoms with van der Waals surface area (Å²) in [6, 6.07) is -6.95. The van der Waals surface area contributed by atoms with Crippen LogP contribution in [0.25, 0.3) is 16.9 Å². The van der Waals surface area contributed by atoms with E-state index in [9.17, 15) is 44.3 Å². The molecule has 0 aliphatic heterocycles. The van der Waals surface area contributed by atoms with Crippen molar-refractivity contribution in [1.82, 2.24) is 29.6 Å². The fourth-order valence-corrected chi connectivity index (χ4v) is 3.95. The highest BCUT2D eigenvalue weighted by atomic mass is 19.4. The molecule has 3 aromatic rings. The van der Waals surface area contributed by atoms with Gasteiger partial charge >= 0.3 is 24.6 Å². The van der Waals surface area contributed by atoms with Crippen LogP contribution in [0.4, 0.5) is 44.3 Å². The number of hydrogen-bond donors (Lipinski definition) is 1. The van der Waals surface area contributed by atoms with E-state index in [2.05, 4.69) is 15.0 Å². The van der Waals surface area contributed by atoms with Gasteiger partial charge < -0.3 is 24.1 Å². The van der Waals surface area contributed by atoms with Gasteiger partial charge in [-0.1, -0.05) is 0 Å². The Morgan fingerprint density at radius 2 is 1.73 bits per heavy atom. The van der Waals surface area contributed by atoms with Gasteiger partial charge in [0.1, 0.15) is 11.8 Å². The fraction of sp³-hybridized carbons (Fsp3) is 0.478. The molecule has 3 aromatic heterocycles. The van der Waals surface area contributed by atoms with Crippen LogP contribution in [0, 0.1) is 0 Å². The van der Waals surface area contributed by atoms with Gasteiger partial charge in [0.15, 0.2) is 11.7 Å². The summed E-state index contributed by atoms with van der Waals surface area (Å²) < 4.78 is 133. The van der Waals surface area contributed by atoms with Crippen LogP contribution in [0.15, 0.2) is 30.9 Å². The summed E-state index contributed by atoms with van der Waals surface area (Å²) in [6.07, 6.45) is -13.9. The molecule has 18 heteroatoms. The highest BCUT2D eigenvalue weighted by Crippen LogP contribution is 2.40. The van der Waals surface area contributed by atoms with Gasteiger partial charge in [0.05, 0.1) is 31.8 Å². The zero-order valence-electron chi connectivity index (χ0n) is 21.5. The molecular weight excluding hydrogens is 579 g/mol. The second-order valence-electron chi connectivity index (χ2n) is 8.53. The lowest BCUT2D eigenvalue weighted by Gasteiger charge is -2.34. The van der Waals surface area contributed by atoms with Crippen LogP contribution in [-0.2, 0) is 0 Å². The molecule has 2 atom stereocenters. The number of amides is 2. The SMILES string of the molecule is CCN(C(=O)NC(CCC(F)(F)F)C(F)(F)F)C(c1cc(-c2cn3ccnc3c(OC)n2)c(OC)cn1)C(F)(F)F. The van der Waals surface area contributed by atoms with Crippen molar-refractivity contribution in [3.05, 3.63) is 36.5 Å². The standard InChI is InChI=1S/C23H23F9N6O3/c1-4-38(20(39)36-16(22(27,28)29)5-6-21(24,25)26)17(23(30,31)32)13-9-12(15(40-2)10-34-13)14-11-37-8-7-33-18(37)19(35-14)41-3/h7-11,16-17H,4-6H2,1-3H3,(H,36,39). The molecular formula is C23H23F9N6O3. The van der Waals surface area contributed by atoms with Crippen molar-refractivity contribution in [2.24, 2.45) is 0 Å². The molecule has 3 rings (SSSR count). The Morgan fingerprint density at radius 3 is 2.27 bits per heavy atom. The van der Waals surface area contributed by atoms with E-state index in [0.29, 0.717) is 0 Å². The number of pyridine rings is 1. The van der Waals surface area contributed by atoms with E-state index in [1.54, 1.807) is 0 Å². The molecule has 9 nitrogen and oxygen atoms in total. The second kappa shape index (κ2) is 11.9. The molecule has 0 fully saturated rings. The predicted molar refractivity (Wildman–Crippen MR) is 124 cm³/mol. The third-order valence-corrected chi connectivity index (χ3v) is 5.83. The van der Waals surface area contributed by atoms with E-state index in [4.69, 9.17) is 9.47 Å². The number of carbonyl (C=O) groups excluding carboxylic acids is 1. The maximum atomic E-state index is 14.4. The summed E-state index contributed by atoms with van der Waals surface area (Å²) >= 11 is 0. The van der Waals surface area contributed by atoms with E-state index < -0.39 is 61.7 Å². The Morgan fingerprint density at radius 1 is 1.05 bits per heavy atom. The second-order valence-corrected chi connectivity index (χ2v) is 8.53. The minimum atomic E-state index is -5.36. The lowest BCUT2D eigenvalue weighted by atomic mass is 10.1. The van der Waals surface area contributed by atoms with E-state index in [-0.39, 0.29) is 33.4 Å². The molecule has 0 radical (unpaired) electrons. The topological polar surface area (TPSA) is 93.9 Å². The van der Waals surface area contributed by atoms with Crippen LogP contribution in [0.2, 0.25) is 0 Å². The van der Waals surface area contributed by atoms with Gasteiger partial charge in [-0.15, -0.1) is 0 Å². The third-order valence-electron chi connectivity index (χ3n) is 5.83. The molecule has 0 saturated heterocycles. The minimum Gasteiger partial charge on any atom is -0.494 e. The first-order valence-corrected chi connectivity index (χ1v) is 11.7. The van der Waals surface area contributed by atoms with E-state index in [1.165, 1.54) is 42.5 Å². The molecule has 226 valence electrons. The Bertz CT molecular complexity index is 1360. The molecule has 3 heterocycles. The number of methoxy groups -OCH3 is 2. The number of imidazole rings is 1. The Balaban J connectivity index is 2.06. The predicted octanol–water partition coefficient (Wildman–Crippen LogP) is 5.72. The molecule has 0 bridgehead atoms. The van der Waals surface area contributed by atoms with Crippen LogP contribution in [0.5, 0.6) is 11.6 Å². The van der Waals surface area contributed by atoms with Gasteiger partial charge in [0, 0.05) is 37.1 Å². The number of ether oxygens (including phenoxy) is 2. The van der Waals surface area contributed by atoms with Crippen molar-refractivity contribution in [2.75, 3.05) is 20.8 Å². The van der Waals surface area contributed by atoms with Crippen molar-refractivity contribution in [1.29, 1.82) is 0 Å². The fourth-order valence-electron chi connectivity index (χ4n) is 3.95. The zero-order chi connectivity index (χ0) is 30.8. The molecule has 0 aliphatic carbocycles. The average Bonchev–Trinajstić information content (AvgIpc) is 3.35. The minimum absolute atomic E-state index is 0.00199. The first kappa shape index (κ1) is 31.5. The van der Waals surface area contributed by atoms with Gasteiger partial charge in [0.2, 0.25) is 0 Å². The lowest BCUT2D eigenvalue weighted by molar-refractivity contribution is -0.182. The molecule has 2 amide bonds. The van der Waals surface area contributed by atoms with Gasteiger partial charge in [-0.05, 0) is 19.4 Å². The number of urea groups is 1. The van der Waals surface area contributed by atoms with Crippen LogP contribution >= 0.6 is 0 Å². The maximum Gasteiger partial charge on any atom is 0.414 e. The summed E-state index contributed by atoms with van der Waals surface area (Å²) in [7, 11) is 2.49. The smallest absolute Gasteiger partial charge is 0.414 e. The highest BCUT2D eigenvalue weighted by molar-refractivity contribution is 5.76. The van der Waals surface area contributed by atoms with E-state index >= 15 is 0 Å². The summed E-state index contributed by atoms with van der Waals surface area (Å²) in [4.78, 5) is 24.8. The normalized spacial score (nSPS) is 14.0. The quantitative estimate of drug-likeness (QED) is 0.315. The number of hydrogen-bond acceptors (Lipinski definition) is 6. The monoisotopic (exact) mass is 602 g/mol. The first-order chi connectivity index (χ1) is 19.0. The number of aromatic nitrogens is 4. The van der Waals surface area contributed by atoms with Crippen molar-refractivity contribution in [3.8, 4) is 22.9 Å². The Hall–Kier alpha value is -3.99. The zero-order valence-corrected chi connectivity index (χ0v) is 21.5. The summed E-state index contributed by atoms with van der Waals surface area (Å²) in [5.41, 5.74) is -0.548. The van der Waals surface area contributed by atoms with Crippen molar-refractivity contribution in [3.63, 3.8) is 0 Å². The van der Waals surface area contributed by atoms with Gasteiger partial charge in [-0.3, -0.25) is 4.98 Å². The number of carbonyl (C=O) groups is 1. The number of rotatable bonds is 9. The third kappa shape index (κ3) is 7.40. The average molecular weight is 602 g/mol. The molecule has 0 spiro atoms. The maximum absolute atomic E-state index is 14.4. The van der Waals surface area contributed by atoms with Crippen LogP contribution in [0.1, 0.15) is 31.5 Å². The molecule has 2 unspecified atom stereocenters. The van der Waals surface area contributed by atoms with Crippen molar-refractivity contribution < 1.29 is 53.8 Å². The van der Waals surface area contributed by atoms with Gasteiger partial charge in [-0.25, -0.2) is 14.8 Å². The van der Waals surface area contributed by atoms with Crippen molar-refractivity contribution in [2.45, 2.75) is 50.4 Å². The Labute approximate surface area is 226 Å². The molecule has 0 saturated carbocycles. The molecule has 41 heavy (non-hydrogen) atoms. The molecule has 0 aromatic carbocycles.